The van der Waals surface area contributed by atoms with E-state index in [4.69, 9.17) is 0 Å². The van der Waals surface area contributed by atoms with Gasteiger partial charge in [-0.3, -0.25) is 0 Å². The van der Waals surface area contributed by atoms with Gasteiger partial charge in [0.15, 0.2) is 0 Å². The van der Waals surface area contributed by atoms with Crippen LogP contribution in [0, 0.1) is 0 Å². The van der Waals surface area contributed by atoms with E-state index < -0.39 is 0 Å². The number of rotatable bonds is 6. The van der Waals surface area contributed by atoms with Crippen LogP contribution in [0.15, 0.2) is 30.3 Å². The van der Waals surface area contributed by atoms with Crippen molar-refractivity contribution in [2.75, 3.05) is 40.3 Å². The third-order valence-corrected chi connectivity index (χ3v) is 4.83. The molecule has 3 nitrogen and oxygen atoms in total. The number of hydrogen-bond acceptors (Lipinski definition) is 3. The zero-order valence-electron chi connectivity index (χ0n) is 12.8. The van der Waals surface area contributed by atoms with E-state index >= 15 is 0 Å². The van der Waals surface area contributed by atoms with Gasteiger partial charge in [-0.25, -0.2) is 0 Å². The molecule has 1 saturated heterocycles. The predicted octanol–water partition coefficient (Wildman–Crippen LogP) is 1.77. The molecule has 3 atom stereocenters. The summed E-state index contributed by atoms with van der Waals surface area (Å²) >= 11 is 0. The van der Waals surface area contributed by atoms with E-state index in [-0.39, 0.29) is 0 Å². The molecule has 2 aliphatic rings. The summed E-state index contributed by atoms with van der Waals surface area (Å²) in [4.78, 5) is 4.96. The molecule has 2 unspecified atom stereocenters. The smallest absolute Gasteiger partial charge is 0.0229 e. The van der Waals surface area contributed by atoms with Gasteiger partial charge in [0.05, 0.1) is 0 Å². The third-order valence-electron chi connectivity index (χ3n) is 4.83. The maximum Gasteiger partial charge on any atom is 0.0229 e. The Labute approximate surface area is 123 Å². The second-order valence-electron chi connectivity index (χ2n) is 6.52. The zero-order chi connectivity index (χ0) is 13.9. The highest BCUT2D eigenvalue weighted by molar-refractivity contribution is 5.27. The number of likely N-dealkylation sites (N-methyl/N-ethyl adjacent to an activating group) is 1. The third kappa shape index (κ3) is 3.40. The van der Waals surface area contributed by atoms with Gasteiger partial charge >= 0.3 is 0 Å². The SMILES string of the molecule is CN(C)[C@@H]1CCN(CCNC2CC2c2ccccc2)C1. The first kappa shape index (κ1) is 14.1. The van der Waals surface area contributed by atoms with Crippen LogP contribution < -0.4 is 5.32 Å². The van der Waals surface area contributed by atoms with Crippen molar-refractivity contribution in [3.8, 4) is 0 Å². The molecule has 110 valence electrons. The molecule has 1 N–H and O–H groups in total. The lowest BCUT2D eigenvalue weighted by Gasteiger charge is -2.20. The van der Waals surface area contributed by atoms with Crippen molar-refractivity contribution in [3.05, 3.63) is 35.9 Å². The Bertz CT molecular complexity index is 418. The molecule has 1 heterocycles. The molecule has 3 heteroatoms. The minimum Gasteiger partial charge on any atom is -0.312 e. The molecule has 3 rings (SSSR count). The van der Waals surface area contributed by atoms with Crippen molar-refractivity contribution >= 4 is 0 Å². The van der Waals surface area contributed by atoms with Gasteiger partial charge in [0, 0.05) is 37.6 Å². The Kier molecular flexibility index (Phi) is 4.39. The van der Waals surface area contributed by atoms with Crippen LogP contribution in [0.3, 0.4) is 0 Å². The van der Waals surface area contributed by atoms with E-state index in [0.29, 0.717) is 6.04 Å². The number of hydrogen-bond donors (Lipinski definition) is 1. The maximum absolute atomic E-state index is 3.72. The summed E-state index contributed by atoms with van der Waals surface area (Å²) in [5, 5.41) is 3.72. The van der Waals surface area contributed by atoms with Crippen LogP contribution in [-0.4, -0.2) is 62.2 Å². The quantitative estimate of drug-likeness (QED) is 0.852. The lowest BCUT2D eigenvalue weighted by Crippen LogP contribution is -2.35. The highest BCUT2D eigenvalue weighted by Crippen LogP contribution is 2.40. The number of benzene rings is 1. The lowest BCUT2D eigenvalue weighted by atomic mass is 10.1. The van der Waals surface area contributed by atoms with Crippen LogP contribution in [0.5, 0.6) is 0 Å². The van der Waals surface area contributed by atoms with E-state index in [1.807, 2.05) is 0 Å². The monoisotopic (exact) mass is 273 g/mol. The van der Waals surface area contributed by atoms with Crippen LogP contribution in [0.2, 0.25) is 0 Å². The van der Waals surface area contributed by atoms with Gasteiger partial charge in [-0.05, 0) is 39.0 Å². The number of likely N-dealkylation sites (tertiary alicyclic amines) is 1. The second kappa shape index (κ2) is 6.25. The largest absolute Gasteiger partial charge is 0.312 e. The Balaban J connectivity index is 1.34. The number of nitrogens with one attached hydrogen (secondary N) is 1. The Morgan fingerprint density at radius 1 is 1.25 bits per heavy atom. The molecule has 0 aromatic heterocycles. The lowest BCUT2D eigenvalue weighted by molar-refractivity contribution is 0.268. The fraction of sp³-hybridized carbons (Fsp3) is 0.647. The molecule has 1 saturated carbocycles. The molecule has 2 fully saturated rings. The Hall–Kier alpha value is -0.900. The fourth-order valence-electron chi connectivity index (χ4n) is 3.33. The van der Waals surface area contributed by atoms with Crippen molar-refractivity contribution in [1.82, 2.24) is 15.1 Å². The first-order valence-corrected chi connectivity index (χ1v) is 7.91. The maximum atomic E-state index is 3.72. The summed E-state index contributed by atoms with van der Waals surface area (Å²) < 4.78 is 0. The van der Waals surface area contributed by atoms with Crippen molar-refractivity contribution in [2.24, 2.45) is 0 Å². The van der Waals surface area contributed by atoms with Crippen LogP contribution in [0.1, 0.15) is 24.3 Å². The van der Waals surface area contributed by atoms with Gasteiger partial charge in [-0.15, -0.1) is 0 Å². The molecular formula is C17H27N3. The molecule has 0 bridgehead atoms. The summed E-state index contributed by atoms with van der Waals surface area (Å²) in [6.07, 6.45) is 2.63. The Morgan fingerprint density at radius 3 is 2.75 bits per heavy atom. The van der Waals surface area contributed by atoms with Crippen LogP contribution in [-0.2, 0) is 0 Å². The summed E-state index contributed by atoms with van der Waals surface area (Å²) in [7, 11) is 4.39. The average molecular weight is 273 g/mol. The number of nitrogens with zero attached hydrogens (tertiary/aromatic N) is 2. The standard InChI is InChI=1S/C17H27N3/c1-19(2)15-8-10-20(13-15)11-9-18-17-12-16(17)14-6-4-3-5-7-14/h3-7,15-18H,8-13H2,1-2H3/t15-,16?,17?/m1/s1. The van der Waals surface area contributed by atoms with Gasteiger partial charge in [0.2, 0.25) is 0 Å². The summed E-state index contributed by atoms with van der Waals surface area (Å²) in [6, 6.07) is 12.4. The molecular weight excluding hydrogens is 246 g/mol. The zero-order valence-corrected chi connectivity index (χ0v) is 12.8. The van der Waals surface area contributed by atoms with Gasteiger partial charge < -0.3 is 15.1 Å². The topological polar surface area (TPSA) is 18.5 Å². The minimum atomic E-state index is 0.713. The summed E-state index contributed by atoms with van der Waals surface area (Å²) in [6.45, 7) is 4.83. The highest BCUT2D eigenvalue weighted by atomic mass is 15.2. The van der Waals surface area contributed by atoms with E-state index in [1.165, 1.54) is 38.0 Å². The highest BCUT2D eigenvalue weighted by Gasteiger charge is 2.37. The second-order valence-corrected chi connectivity index (χ2v) is 6.52. The fourth-order valence-corrected chi connectivity index (χ4v) is 3.33. The van der Waals surface area contributed by atoms with Gasteiger partial charge in [0.25, 0.3) is 0 Å². The van der Waals surface area contributed by atoms with E-state index in [9.17, 15) is 0 Å². The van der Waals surface area contributed by atoms with E-state index in [1.54, 1.807) is 0 Å². The normalized spacial score (nSPS) is 30.1. The van der Waals surface area contributed by atoms with E-state index in [0.717, 1.165) is 18.5 Å². The van der Waals surface area contributed by atoms with Crippen LogP contribution in [0.25, 0.3) is 0 Å². The van der Waals surface area contributed by atoms with E-state index in [2.05, 4.69) is 59.5 Å². The summed E-state index contributed by atoms with van der Waals surface area (Å²) in [5.74, 6) is 0.754. The predicted molar refractivity (Wildman–Crippen MR) is 84.1 cm³/mol. The molecule has 1 aromatic rings. The van der Waals surface area contributed by atoms with Gasteiger partial charge in [0.1, 0.15) is 0 Å². The minimum absolute atomic E-state index is 0.713. The first-order chi connectivity index (χ1) is 9.74. The molecule has 1 aliphatic heterocycles. The van der Waals surface area contributed by atoms with Crippen LogP contribution >= 0.6 is 0 Å². The summed E-state index contributed by atoms with van der Waals surface area (Å²) in [5.41, 5.74) is 1.50. The molecule has 1 aromatic carbocycles. The van der Waals surface area contributed by atoms with Crippen LogP contribution in [0.4, 0.5) is 0 Å². The average Bonchev–Trinajstić information content (AvgIpc) is 3.07. The van der Waals surface area contributed by atoms with Crippen molar-refractivity contribution in [3.63, 3.8) is 0 Å². The van der Waals surface area contributed by atoms with Crippen molar-refractivity contribution in [1.29, 1.82) is 0 Å². The Morgan fingerprint density at radius 2 is 2.05 bits per heavy atom. The van der Waals surface area contributed by atoms with Crippen molar-refractivity contribution < 1.29 is 0 Å². The molecule has 0 radical (unpaired) electrons. The van der Waals surface area contributed by atoms with Gasteiger partial charge in [-0.1, -0.05) is 30.3 Å². The van der Waals surface area contributed by atoms with Gasteiger partial charge in [-0.2, -0.15) is 0 Å². The molecule has 1 aliphatic carbocycles. The molecule has 20 heavy (non-hydrogen) atoms. The molecule has 0 spiro atoms. The molecule has 0 amide bonds. The first-order valence-electron chi connectivity index (χ1n) is 7.91. The van der Waals surface area contributed by atoms with Crippen molar-refractivity contribution in [2.45, 2.75) is 30.8 Å².